The van der Waals surface area contributed by atoms with Gasteiger partial charge in [0.15, 0.2) is 0 Å². The van der Waals surface area contributed by atoms with Gasteiger partial charge in [-0.05, 0) is 0 Å². The largest absolute Gasteiger partial charge is 0.396 e. The van der Waals surface area contributed by atoms with Crippen LogP contribution in [0.5, 0.6) is 0 Å². The molecule has 0 spiro atoms. The van der Waals surface area contributed by atoms with Crippen LogP contribution in [0.3, 0.4) is 0 Å². The van der Waals surface area contributed by atoms with Crippen molar-refractivity contribution in [2.45, 2.75) is 0 Å². The van der Waals surface area contributed by atoms with Crippen molar-refractivity contribution >= 4 is 5.69 Å². The molecule has 0 aliphatic carbocycles. The molecular formula is C7H7N5. The lowest BCUT2D eigenvalue weighted by Crippen LogP contribution is -1.98. The Bertz CT molecular complexity index is 492. The fourth-order valence-corrected chi connectivity index (χ4v) is 0.716. The number of rotatable bonds is 1. The van der Waals surface area contributed by atoms with Gasteiger partial charge in [0, 0.05) is 12.3 Å². The van der Waals surface area contributed by atoms with Gasteiger partial charge in [0.2, 0.25) is 5.95 Å². The van der Waals surface area contributed by atoms with Gasteiger partial charge in [0.25, 0.3) is 0 Å². The topological polar surface area (TPSA) is 69.6 Å². The molecule has 0 amide bonds. The Labute approximate surface area is 73.1 Å². The summed E-state index contributed by atoms with van der Waals surface area (Å²) in [5.74, 6) is 0.116. The van der Waals surface area contributed by atoms with Gasteiger partial charge >= 0.3 is 0 Å². The van der Waals surface area contributed by atoms with E-state index in [9.17, 15) is 0 Å². The molecule has 2 rings (SSSR count). The van der Waals surface area contributed by atoms with Crippen molar-refractivity contribution < 1.29 is 4.11 Å². The number of anilines is 1. The van der Waals surface area contributed by atoms with Crippen molar-refractivity contribution in [2.75, 3.05) is 5.73 Å². The Morgan fingerprint density at radius 2 is 2.17 bits per heavy atom. The van der Waals surface area contributed by atoms with E-state index in [0.717, 1.165) is 4.57 Å². The first-order chi connectivity index (χ1) is 7.09. The molecule has 0 unspecified atom stereocenters. The Morgan fingerprint density at radius 1 is 1.42 bits per heavy atom. The lowest BCUT2D eigenvalue weighted by Gasteiger charge is -1.97. The van der Waals surface area contributed by atoms with E-state index in [1.807, 2.05) is 0 Å². The van der Waals surface area contributed by atoms with Gasteiger partial charge in [-0.3, -0.25) is 4.57 Å². The molecule has 12 heavy (non-hydrogen) atoms. The summed E-state index contributed by atoms with van der Waals surface area (Å²) in [6.45, 7) is 0. The van der Waals surface area contributed by atoms with Crippen molar-refractivity contribution in [3.05, 3.63) is 31.0 Å². The maximum atomic E-state index is 7.49. The lowest BCUT2D eigenvalue weighted by molar-refractivity contribution is 0.927. The van der Waals surface area contributed by atoms with Gasteiger partial charge in [-0.25, -0.2) is 15.0 Å². The third-order valence-corrected chi connectivity index (χ3v) is 1.23. The quantitative estimate of drug-likeness (QED) is 0.655. The summed E-state index contributed by atoms with van der Waals surface area (Å²) in [5.41, 5.74) is 5.80. The van der Waals surface area contributed by atoms with E-state index < -0.39 is 0 Å². The van der Waals surface area contributed by atoms with Crippen LogP contribution in [-0.4, -0.2) is 19.5 Å². The molecule has 2 aromatic rings. The van der Waals surface area contributed by atoms with Crippen LogP contribution in [0.1, 0.15) is 4.11 Å². The maximum Gasteiger partial charge on any atom is 0.234 e. The van der Waals surface area contributed by atoms with E-state index >= 15 is 0 Å². The molecule has 0 aromatic carbocycles. The zero-order chi connectivity index (χ0) is 11.0. The summed E-state index contributed by atoms with van der Waals surface area (Å²) in [6.07, 6.45) is 2.00. The zero-order valence-electron chi connectivity index (χ0n) is 9.02. The van der Waals surface area contributed by atoms with Crippen molar-refractivity contribution in [3.8, 4) is 5.95 Å². The first-order valence-electron chi connectivity index (χ1n) is 4.70. The molecule has 0 aliphatic heterocycles. The molecule has 0 atom stereocenters. The van der Waals surface area contributed by atoms with E-state index in [1.165, 1.54) is 12.4 Å². The highest BCUT2D eigenvalue weighted by Crippen LogP contribution is 2.00. The van der Waals surface area contributed by atoms with Gasteiger partial charge in [0.1, 0.15) is 7.67 Å². The van der Waals surface area contributed by atoms with E-state index in [-0.39, 0.29) is 24.6 Å². The normalized spacial score (nSPS) is 13.5. The molecule has 60 valence electrons. The number of nitrogens with zero attached hydrogens (tertiary/aromatic N) is 4. The highest BCUT2D eigenvalue weighted by molar-refractivity contribution is 5.32. The summed E-state index contributed by atoms with van der Waals surface area (Å²) < 4.78 is 23.2. The number of nitrogen functional groups attached to an aromatic ring is 1. The average molecular weight is 164 g/mol. The minimum absolute atomic E-state index is 0.116. The van der Waals surface area contributed by atoms with Crippen LogP contribution < -0.4 is 5.73 Å². The molecule has 0 aliphatic rings. The second kappa shape index (κ2) is 2.61. The van der Waals surface area contributed by atoms with E-state index in [1.54, 1.807) is 0 Å². The predicted octanol–water partition coefficient (Wildman–Crippen LogP) is 0.244. The molecule has 2 N–H and O–H groups in total. The Morgan fingerprint density at radius 3 is 2.75 bits per heavy atom. The highest BCUT2D eigenvalue weighted by Gasteiger charge is 1.96. The first-order valence-corrected chi connectivity index (χ1v) is 3.20. The summed E-state index contributed by atoms with van der Waals surface area (Å²) in [4.78, 5) is 11.2. The minimum atomic E-state index is -0.277. The van der Waals surface area contributed by atoms with Gasteiger partial charge in [0.05, 0.1) is 20.8 Å². The molecule has 2 aromatic heterocycles. The number of hydrogen-bond donors (Lipinski definition) is 1. The molecule has 0 fully saturated rings. The molecule has 0 radical (unpaired) electrons. The van der Waals surface area contributed by atoms with E-state index in [0.29, 0.717) is 5.69 Å². The predicted molar refractivity (Wildman–Crippen MR) is 43.6 cm³/mol. The Hall–Kier alpha value is -1.91. The molecule has 0 bridgehead atoms. The monoisotopic (exact) mass is 164 g/mol. The third kappa shape index (κ3) is 1.12. The van der Waals surface area contributed by atoms with Crippen molar-refractivity contribution in [1.29, 1.82) is 0 Å². The third-order valence-electron chi connectivity index (χ3n) is 1.23. The maximum absolute atomic E-state index is 7.49. The number of hydrogen-bond acceptors (Lipinski definition) is 4. The second-order valence-electron chi connectivity index (χ2n) is 2.09. The van der Waals surface area contributed by atoms with Crippen LogP contribution in [0.25, 0.3) is 5.95 Å². The summed E-state index contributed by atoms with van der Waals surface area (Å²) in [6, 6.07) is 0. The molecule has 0 saturated carbocycles. The van der Waals surface area contributed by atoms with Crippen molar-refractivity contribution in [3.63, 3.8) is 0 Å². The van der Waals surface area contributed by atoms with Crippen LogP contribution in [0.4, 0.5) is 5.69 Å². The summed E-state index contributed by atoms with van der Waals surface area (Å²) in [7, 11) is 0. The van der Waals surface area contributed by atoms with Gasteiger partial charge in [-0.15, -0.1) is 0 Å². The lowest BCUT2D eigenvalue weighted by atomic mass is 10.6. The highest BCUT2D eigenvalue weighted by atomic mass is 15.2. The average Bonchev–Trinajstić information content (AvgIpc) is 2.44. The van der Waals surface area contributed by atoms with Gasteiger partial charge in [-0.1, -0.05) is 0 Å². The minimum Gasteiger partial charge on any atom is -0.396 e. The van der Waals surface area contributed by atoms with Crippen molar-refractivity contribution in [1.82, 2.24) is 19.5 Å². The summed E-state index contributed by atoms with van der Waals surface area (Å²) >= 11 is 0. The van der Waals surface area contributed by atoms with Crippen LogP contribution in [0, 0.1) is 0 Å². The van der Waals surface area contributed by atoms with Crippen LogP contribution >= 0.6 is 0 Å². The number of nitrogens with two attached hydrogens (primary N) is 1. The van der Waals surface area contributed by atoms with Gasteiger partial charge in [-0.2, -0.15) is 0 Å². The van der Waals surface area contributed by atoms with E-state index in [2.05, 4.69) is 15.0 Å². The van der Waals surface area contributed by atoms with Crippen LogP contribution in [0.15, 0.2) is 31.0 Å². The standard InChI is InChI=1S/C7H7N5/c8-6-3-10-7(11-4-6)12-2-1-9-5-12/h1-5H,8H2/i1D,2D,5D. The van der Waals surface area contributed by atoms with Crippen LogP contribution in [-0.2, 0) is 0 Å². The summed E-state index contributed by atoms with van der Waals surface area (Å²) in [5, 5.41) is 0. The first kappa shape index (κ1) is 4.20. The zero-order valence-corrected chi connectivity index (χ0v) is 6.02. The fraction of sp³-hybridized carbons (Fsp3) is 0. The van der Waals surface area contributed by atoms with Crippen LogP contribution in [0.2, 0.25) is 0 Å². The smallest absolute Gasteiger partial charge is 0.234 e. The molecule has 5 heteroatoms. The molecule has 2 heterocycles. The fourth-order valence-electron chi connectivity index (χ4n) is 0.716. The molecule has 0 saturated heterocycles. The Balaban J connectivity index is 2.58. The SMILES string of the molecule is [2H]c1nc([2H])n(-c2ncc(N)cn2)c1[2H]. The second-order valence-corrected chi connectivity index (χ2v) is 2.09. The van der Waals surface area contributed by atoms with Gasteiger partial charge < -0.3 is 5.73 Å². The Kier molecular flexibility index (Phi) is 0.914. The van der Waals surface area contributed by atoms with E-state index in [4.69, 9.17) is 9.85 Å². The number of aromatic nitrogens is 4. The number of imidazole rings is 1. The van der Waals surface area contributed by atoms with Crippen molar-refractivity contribution in [2.24, 2.45) is 0 Å². The molecular weight excluding hydrogens is 154 g/mol. The molecule has 5 nitrogen and oxygen atoms in total.